The number of nitrogens with zero attached hydrogens (tertiary/aromatic N) is 1. The largest absolute Gasteiger partial charge is 0.337 e. The zero-order valence-electron chi connectivity index (χ0n) is 12.3. The van der Waals surface area contributed by atoms with E-state index in [1.54, 1.807) is 0 Å². The second-order valence-corrected chi connectivity index (χ2v) is 6.55. The lowest BCUT2D eigenvalue weighted by Gasteiger charge is -2.38. The summed E-state index contributed by atoms with van der Waals surface area (Å²) in [5, 5.41) is 6.54. The third kappa shape index (κ3) is 2.58. The molecule has 108 valence electrons. The van der Waals surface area contributed by atoms with E-state index in [1.807, 2.05) is 19.9 Å². The zero-order valence-corrected chi connectivity index (χ0v) is 12.3. The zero-order chi connectivity index (χ0) is 14.2. The van der Waals surface area contributed by atoms with Gasteiger partial charge in [0.25, 0.3) is 0 Å². The summed E-state index contributed by atoms with van der Waals surface area (Å²) in [6.07, 6.45) is 1.77. The maximum atomic E-state index is 12.2. The SMILES string of the molecule is CC1(C)NC(=O)C2(CCN(Cc3ccccc3)CC2)N1. The van der Waals surface area contributed by atoms with E-state index in [-0.39, 0.29) is 17.1 Å². The molecule has 2 heterocycles. The second kappa shape index (κ2) is 4.86. The van der Waals surface area contributed by atoms with Crippen LogP contribution in [0.5, 0.6) is 0 Å². The smallest absolute Gasteiger partial charge is 0.241 e. The van der Waals surface area contributed by atoms with Crippen LogP contribution in [-0.4, -0.2) is 35.1 Å². The molecule has 2 fully saturated rings. The highest BCUT2D eigenvalue weighted by atomic mass is 16.2. The van der Waals surface area contributed by atoms with Crippen molar-refractivity contribution < 1.29 is 4.79 Å². The van der Waals surface area contributed by atoms with Crippen molar-refractivity contribution in [1.29, 1.82) is 0 Å². The van der Waals surface area contributed by atoms with Gasteiger partial charge in [-0.05, 0) is 32.3 Å². The number of piperidine rings is 1. The number of amides is 1. The summed E-state index contributed by atoms with van der Waals surface area (Å²) in [4.78, 5) is 14.7. The highest BCUT2D eigenvalue weighted by Gasteiger charge is 2.50. The number of rotatable bonds is 2. The summed E-state index contributed by atoms with van der Waals surface area (Å²) < 4.78 is 0. The summed E-state index contributed by atoms with van der Waals surface area (Å²) in [6, 6.07) is 10.5. The van der Waals surface area contributed by atoms with Crippen LogP contribution in [0, 0.1) is 0 Å². The Morgan fingerprint density at radius 1 is 1.15 bits per heavy atom. The van der Waals surface area contributed by atoms with Crippen molar-refractivity contribution in [1.82, 2.24) is 15.5 Å². The van der Waals surface area contributed by atoms with Gasteiger partial charge >= 0.3 is 0 Å². The van der Waals surface area contributed by atoms with E-state index in [0.717, 1.165) is 32.5 Å². The topological polar surface area (TPSA) is 44.4 Å². The third-order valence-electron chi connectivity index (χ3n) is 4.37. The molecule has 0 unspecified atom stereocenters. The number of carbonyl (C=O) groups excluding carboxylic acids is 1. The van der Waals surface area contributed by atoms with Gasteiger partial charge in [0, 0.05) is 19.6 Å². The molecule has 0 bridgehead atoms. The normalized spacial score (nSPS) is 24.8. The van der Waals surface area contributed by atoms with Crippen molar-refractivity contribution in [3.8, 4) is 0 Å². The fraction of sp³-hybridized carbons (Fsp3) is 0.562. The van der Waals surface area contributed by atoms with Gasteiger partial charge in [0.05, 0.1) is 5.66 Å². The van der Waals surface area contributed by atoms with Crippen LogP contribution in [0.25, 0.3) is 0 Å². The minimum absolute atomic E-state index is 0.168. The summed E-state index contributed by atoms with van der Waals surface area (Å²) in [5.74, 6) is 0.168. The molecule has 1 aromatic rings. The summed E-state index contributed by atoms with van der Waals surface area (Å²) in [7, 11) is 0. The van der Waals surface area contributed by atoms with Crippen molar-refractivity contribution in [2.24, 2.45) is 0 Å². The molecular weight excluding hydrogens is 250 g/mol. The molecular formula is C16H23N3O. The lowest BCUT2D eigenvalue weighted by atomic mass is 9.87. The first kappa shape index (κ1) is 13.6. The molecule has 1 aromatic carbocycles. The second-order valence-electron chi connectivity index (χ2n) is 6.55. The molecule has 20 heavy (non-hydrogen) atoms. The first-order valence-electron chi connectivity index (χ1n) is 7.37. The van der Waals surface area contributed by atoms with Gasteiger partial charge in [-0.1, -0.05) is 30.3 Å². The fourth-order valence-electron chi connectivity index (χ4n) is 3.38. The van der Waals surface area contributed by atoms with Crippen molar-refractivity contribution >= 4 is 5.91 Å². The average molecular weight is 273 g/mol. The molecule has 0 aliphatic carbocycles. The average Bonchev–Trinajstić information content (AvgIpc) is 2.63. The molecule has 1 amide bonds. The highest BCUT2D eigenvalue weighted by molar-refractivity contribution is 5.89. The minimum atomic E-state index is -0.351. The Labute approximate surface area is 120 Å². The lowest BCUT2D eigenvalue weighted by Crippen LogP contribution is -2.56. The van der Waals surface area contributed by atoms with Crippen LogP contribution in [-0.2, 0) is 11.3 Å². The Balaban J connectivity index is 1.61. The van der Waals surface area contributed by atoms with Gasteiger partial charge in [-0.15, -0.1) is 0 Å². The molecule has 4 heteroatoms. The monoisotopic (exact) mass is 273 g/mol. The van der Waals surface area contributed by atoms with Crippen LogP contribution in [0.1, 0.15) is 32.3 Å². The van der Waals surface area contributed by atoms with Gasteiger partial charge in [-0.3, -0.25) is 15.0 Å². The van der Waals surface area contributed by atoms with E-state index in [2.05, 4.69) is 39.8 Å². The maximum absolute atomic E-state index is 12.2. The number of nitrogens with one attached hydrogen (secondary N) is 2. The molecule has 4 nitrogen and oxygen atoms in total. The first-order chi connectivity index (χ1) is 9.49. The van der Waals surface area contributed by atoms with Crippen molar-refractivity contribution in [2.75, 3.05) is 13.1 Å². The molecule has 0 saturated carbocycles. The Hall–Kier alpha value is -1.39. The Morgan fingerprint density at radius 2 is 1.80 bits per heavy atom. The lowest BCUT2D eigenvalue weighted by molar-refractivity contribution is -0.125. The highest BCUT2D eigenvalue weighted by Crippen LogP contribution is 2.30. The number of benzene rings is 1. The molecule has 2 aliphatic rings. The van der Waals surface area contributed by atoms with Crippen LogP contribution < -0.4 is 10.6 Å². The van der Waals surface area contributed by atoms with Gasteiger partial charge in [0.15, 0.2) is 0 Å². The predicted molar refractivity (Wildman–Crippen MR) is 79.0 cm³/mol. The van der Waals surface area contributed by atoms with Crippen LogP contribution in [0.4, 0.5) is 0 Å². The van der Waals surface area contributed by atoms with E-state index < -0.39 is 0 Å². The van der Waals surface area contributed by atoms with Gasteiger partial charge in [0.1, 0.15) is 5.54 Å². The van der Waals surface area contributed by atoms with Gasteiger partial charge in [0.2, 0.25) is 5.91 Å². The van der Waals surface area contributed by atoms with Crippen LogP contribution in [0.15, 0.2) is 30.3 Å². The first-order valence-corrected chi connectivity index (χ1v) is 7.37. The number of hydrogen-bond acceptors (Lipinski definition) is 3. The maximum Gasteiger partial charge on any atom is 0.241 e. The number of likely N-dealkylation sites (tertiary alicyclic amines) is 1. The van der Waals surface area contributed by atoms with Crippen LogP contribution >= 0.6 is 0 Å². The predicted octanol–water partition coefficient (Wildman–Crippen LogP) is 1.48. The Bertz CT molecular complexity index is 490. The Kier molecular flexibility index (Phi) is 3.30. The van der Waals surface area contributed by atoms with Gasteiger partial charge in [-0.2, -0.15) is 0 Å². The Morgan fingerprint density at radius 3 is 2.35 bits per heavy atom. The third-order valence-corrected chi connectivity index (χ3v) is 4.37. The summed E-state index contributed by atoms with van der Waals surface area (Å²) >= 11 is 0. The van der Waals surface area contributed by atoms with E-state index in [0.29, 0.717) is 0 Å². The molecule has 0 atom stereocenters. The van der Waals surface area contributed by atoms with E-state index in [9.17, 15) is 4.79 Å². The quantitative estimate of drug-likeness (QED) is 0.858. The van der Waals surface area contributed by atoms with Crippen LogP contribution in [0.3, 0.4) is 0 Å². The van der Waals surface area contributed by atoms with Crippen molar-refractivity contribution in [3.63, 3.8) is 0 Å². The molecule has 0 radical (unpaired) electrons. The molecule has 2 aliphatic heterocycles. The molecule has 3 rings (SSSR count). The number of hydrogen-bond donors (Lipinski definition) is 2. The van der Waals surface area contributed by atoms with E-state index in [1.165, 1.54) is 5.56 Å². The van der Waals surface area contributed by atoms with Gasteiger partial charge < -0.3 is 5.32 Å². The fourth-order valence-corrected chi connectivity index (χ4v) is 3.38. The molecule has 2 N–H and O–H groups in total. The van der Waals surface area contributed by atoms with Crippen LogP contribution in [0.2, 0.25) is 0 Å². The standard InChI is InChI=1S/C16H23N3O/c1-15(2)17-14(20)16(18-15)8-10-19(11-9-16)12-13-6-4-3-5-7-13/h3-7,18H,8-12H2,1-2H3,(H,17,20). The summed E-state index contributed by atoms with van der Waals surface area (Å²) in [6.45, 7) is 6.95. The molecule has 2 saturated heterocycles. The number of carbonyl (C=O) groups is 1. The van der Waals surface area contributed by atoms with Crippen molar-refractivity contribution in [2.45, 2.75) is 44.4 Å². The van der Waals surface area contributed by atoms with Gasteiger partial charge in [-0.25, -0.2) is 0 Å². The summed E-state index contributed by atoms with van der Waals surface area (Å²) in [5.41, 5.74) is 0.711. The molecule has 0 aromatic heterocycles. The molecule has 1 spiro atoms. The van der Waals surface area contributed by atoms with E-state index in [4.69, 9.17) is 0 Å². The van der Waals surface area contributed by atoms with Crippen molar-refractivity contribution in [3.05, 3.63) is 35.9 Å². The van der Waals surface area contributed by atoms with E-state index >= 15 is 0 Å². The minimum Gasteiger partial charge on any atom is -0.337 e.